The molecule has 4 aromatic rings. The zero-order valence-corrected chi connectivity index (χ0v) is 56.0. The highest BCUT2D eigenvalue weighted by molar-refractivity contribution is 7.46. The van der Waals surface area contributed by atoms with Crippen LogP contribution in [-0.4, -0.2) is 187 Å². The molecule has 5 heterocycles. The number of benzene rings is 3. The number of phosphoric acid groups is 3. The zero-order chi connectivity index (χ0) is 72.0. The molecular formula is C60H73N7O30P3-3. The van der Waals surface area contributed by atoms with E-state index < -0.39 is 135 Å². The lowest BCUT2D eigenvalue weighted by molar-refractivity contribution is -0.235. The number of aliphatic hydroxyl groups excluding tert-OH is 2. The average molecular weight is 1470 g/mol. The molecule has 546 valence electrons. The van der Waals surface area contributed by atoms with E-state index in [1.54, 1.807) is 6.07 Å². The first-order chi connectivity index (χ1) is 47.8. The quantitative estimate of drug-likeness (QED) is 0.0113. The van der Waals surface area contributed by atoms with Gasteiger partial charge in [0.1, 0.15) is 47.6 Å². The number of rotatable bonds is 42. The van der Waals surface area contributed by atoms with Gasteiger partial charge in [-0.2, -0.15) is 4.98 Å². The SMILES string of the molecule is Nc1ccn([C@H]2C[C@@H](O)[C@@H](COP(=O)([O-])OCCOCCOCCOP(=O)([O-])O[C@@H]3C[C@H](n4cc(/C=C/C(=O)NCCCCCCNC(=O)c5ccc(C(=O)O)c(-c6c7ccc(=O)cc-7oc7cc(O)ccc67)c5)c(=O)[nH]c4=O)O[C@@H]3COP(=O)([O-])OCCOCCOCCO)O2)c(=O)n1. The number of ether oxygens (including phenoxy) is 6. The number of aromatic nitrogens is 4. The van der Waals surface area contributed by atoms with Crippen molar-refractivity contribution >= 4 is 64.1 Å². The number of H-pyrrole nitrogens is 1. The number of anilines is 1. The van der Waals surface area contributed by atoms with Gasteiger partial charge in [0.25, 0.3) is 34.9 Å². The summed E-state index contributed by atoms with van der Waals surface area (Å²) in [5.74, 6) is -2.39. The molecule has 2 saturated heterocycles. The molecule has 0 spiro atoms. The first-order valence-electron chi connectivity index (χ1n) is 31.1. The lowest BCUT2D eigenvalue weighted by Gasteiger charge is -2.29. The minimum absolute atomic E-state index is 0.0251. The van der Waals surface area contributed by atoms with Gasteiger partial charge in [-0.15, -0.1) is 0 Å². The third kappa shape index (κ3) is 23.5. The molecule has 37 nitrogen and oxygen atoms in total. The molecule has 0 radical (unpaired) electrons. The summed E-state index contributed by atoms with van der Waals surface area (Å²) in [6.07, 6.45) is -1.79. The third-order valence-electron chi connectivity index (χ3n) is 14.9. The third-order valence-corrected chi connectivity index (χ3v) is 17.8. The number of phenolic OH excluding ortho intramolecular Hbond substituents is 1. The largest absolute Gasteiger partial charge is 0.756 e. The van der Waals surface area contributed by atoms with Gasteiger partial charge in [-0.1, -0.05) is 12.8 Å². The van der Waals surface area contributed by atoms with Crippen molar-refractivity contribution in [2.75, 3.05) is 111 Å². The maximum atomic E-state index is 13.4. The summed E-state index contributed by atoms with van der Waals surface area (Å²) in [6.45, 7) is -3.90. The van der Waals surface area contributed by atoms with E-state index in [2.05, 4.69) is 20.6 Å². The van der Waals surface area contributed by atoms with Crippen molar-refractivity contribution in [3.05, 3.63) is 137 Å². The van der Waals surface area contributed by atoms with Crippen LogP contribution in [0.1, 0.15) is 77.3 Å². The smallest absolute Gasteiger partial charge is 0.351 e. The summed E-state index contributed by atoms with van der Waals surface area (Å²) in [6, 6.07) is 13.8. The van der Waals surface area contributed by atoms with Gasteiger partial charge in [0.2, 0.25) is 5.91 Å². The predicted molar refractivity (Wildman–Crippen MR) is 341 cm³/mol. The van der Waals surface area contributed by atoms with Gasteiger partial charge >= 0.3 is 17.3 Å². The van der Waals surface area contributed by atoms with E-state index >= 15 is 0 Å². The van der Waals surface area contributed by atoms with Gasteiger partial charge in [-0.05, 0) is 73.0 Å². The number of unbranched alkanes of at least 4 members (excludes halogenated alkanes) is 3. The van der Waals surface area contributed by atoms with E-state index in [9.17, 15) is 77.3 Å². The van der Waals surface area contributed by atoms with Crippen LogP contribution in [0.2, 0.25) is 0 Å². The van der Waals surface area contributed by atoms with Crippen LogP contribution >= 0.6 is 23.5 Å². The van der Waals surface area contributed by atoms with Crippen LogP contribution in [0.15, 0.2) is 103 Å². The Hall–Kier alpha value is -7.55. The highest BCUT2D eigenvalue weighted by Crippen LogP contribution is 2.47. The number of carboxylic acids is 1. The Kier molecular flexibility index (Phi) is 29.2. The summed E-state index contributed by atoms with van der Waals surface area (Å²) < 4.78 is 108. The van der Waals surface area contributed by atoms with Gasteiger partial charge in [0, 0.05) is 78.6 Å². The number of carbonyl (C=O) groups is 3. The fraction of sp³-hybridized carbons (Fsp3) is 0.467. The Morgan fingerprint density at radius 2 is 1.31 bits per heavy atom. The number of carboxylic acid groups (broad SMARTS) is 1. The van der Waals surface area contributed by atoms with Gasteiger partial charge in [-0.3, -0.25) is 47.0 Å². The number of aliphatic hydroxyl groups is 2. The van der Waals surface area contributed by atoms with E-state index in [1.165, 1.54) is 60.8 Å². The number of fused-ring (bicyclic) bond motifs is 2. The number of nitrogens with two attached hydrogens (primary N) is 1. The number of nitrogens with zero attached hydrogens (tertiary/aromatic N) is 3. The van der Waals surface area contributed by atoms with Crippen molar-refractivity contribution in [3.8, 4) is 28.2 Å². The molecule has 2 amide bonds. The summed E-state index contributed by atoms with van der Waals surface area (Å²) in [5, 5.41) is 45.4. The van der Waals surface area contributed by atoms with Crippen molar-refractivity contribution in [2.45, 2.75) is 75.4 Å². The minimum Gasteiger partial charge on any atom is -0.756 e. The number of phenols is 1. The molecule has 2 aromatic carbocycles. The lowest BCUT2D eigenvalue weighted by atomic mass is 9.89. The van der Waals surface area contributed by atoms with Crippen LogP contribution in [0, 0.1) is 0 Å². The first kappa shape index (κ1) is 78.2. The molecule has 9 N–H and O–H groups in total. The number of aromatic amines is 1. The summed E-state index contributed by atoms with van der Waals surface area (Å²) in [5.41, 5.74) is 3.34. The Morgan fingerprint density at radius 1 is 0.700 bits per heavy atom. The van der Waals surface area contributed by atoms with Crippen molar-refractivity contribution in [2.24, 2.45) is 0 Å². The van der Waals surface area contributed by atoms with Gasteiger partial charge in [0.15, 0.2) is 5.43 Å². The lowest BCUT2D eigenvalue weighted by Crippen LogP contribution is -2.33. The maximum Gasteiger partial charge on any atom is 0.351 e. The summed E-state index contributed by atoms with van der Waals surface area (Å²) in [4.78, 5) is 133. The minimum atomic E-state index is -5.32. The first-order valence-corrected chi connectivity index (χ1v) is 35.4. The number of amides is 2. The molecule has 3 unspecified atom stereocenters. The van der Waals surface area contributed by atoms with Gasteiger partial charge in [-0.25, -0.2) is 14.4 Å². The molecular weight excluding hydrogens is 1390 g/mol. The molecule has 8 rings (SSSR count). The number of nitrogen functional groups attached to an aromatic ring is 1. The number of aromatic hydroxyl groups is 1. The molecule has 40 heteroatoms. The Labute approximate surface area is 567 Å². The molecule has 9 atom stereocenters. The second-order valence-corrected chi connectivity index (χ2v) is 26.2. The number of hydrogen-bond donors (Lipinski definition) is 8. The molecule has 4 aliphatic rings. The highest BCUT2D eigenvalue weighted by Gasteiger charge is 2.41. The van der Waals surface area contributed by atoms with Crippen LogP contribution < -0.4 is 53.4 Å². The Morgan fingerprint density at radius 3 is 1.96 bits per heavy atom. The van der Waals surface area contributed by atoms with Crippen LogP contribution in [0.3, 0.4) is 0 Å². The predicted octanol–water partition coefficient (Wildman–Crippen LogP) is 0.646. The van der Waals surface area contributed by atoms with Crippen LogP contribution in [0.4, 0.5) is 5.82 Å². The average Bonchev–Trinajstić information content (AvgIpc) is 0.917. The number of phosphoric ester groups is 3. The van der Waals surface area contributed by atoms with E-state index in [0.29, 0.717) is 42.2 Å². The molecule has 100 heavy (non-hydrogen) atoms. The van der Waals surface area contributed by atoms with E-state index in [4.69, 9.17) is 70.8 Å². The molecule has 3 aliphatic heterocycles. The van der Waals surface area contributed by atoms with E-state index in [1.807, 2.05) is 0 Å². The van der Waals surface area contributed by atoms with Crippen molar-refractivity contribution in [1.29, 1.82) is 0 Å². The van der Waals surface area contributed by atoms with E-state index in [-0.39, 0.29) is 130 Å². The highest BCUT2D eigenvalue weighted by atomic mass is 31.2. The molecule has 1 aliphatic carbocycles. The monoisotopic (exact) mass is 1460 g/mol. The van der Waals surface area contributed by atoms with Gasteiger partial charge < -0.3 is 111 Å². The molecule has 0 saturated carbocycles. The number of nitrogens with one attached hydrogen (secondary N) is 3. The summed E-state index contributed by atoms with van der Waals surface area (Å²) >= 11 is 0. The maximum absolute atomic E-state index is 13.4. The van der Waals surface area contributed by atoms with Crippen molar-refractivity contribution in [1.82, 2.24) is 29.7 Å². The van der Waals surface area contributed by atoms with Crippen molar-refractivity contribution in [3.63, 3.8) is 0 Å². The number of aromatic carboxylic acids is 1. The fourth-order valence-corrected chi connectivity index (χ4v) is 12.5. The summed E-state index contributed by atoms with van der Waals surface area (Å²) in [7, 11) is -15.4. The molecule has 2 aromatic heterocycles. The normalized spacial score (nSPS) is 19.6. The zero-order valence-electron chi connectivity index (χ0n) is 53.3. The standard InChI is InChI=1S/C60H76N7O30P3/c61-51-13-16-66(59(77)64-51)53-32-45(71)49(95-53)35-92-98(79,80)89-26-24-87-21-22-88-25-28-91-100(83,84)97-48-33-54(96-50(48)36-93-99(81,82)90-27-23-86-20-19-85-18-17-68)67-34-38(57(74)65-60(67)78)6-12-52(72)62-14-3-1-2-4-15-63-56(73)37-5-9-41(58(75)76)44(29-37)55-42-10-7-39(69)30-46(42)94-47-31-40(70)8-11-43(47)55/h5-13,16,29-31,34,45,48-50,53-54,68-69,71H,1-4,14-15,17-28,32-33,35-36H2,(H,62,72)(H,63,73)(H,75,76)(H,79,80)(H,81,82)(H,83,84)(H2,61,64,77)(H,65,74,78)/p-3/b12-6+/t45-,48-,49-,50-,53-,54-/m1/s1. The Bertz CT molecular complexity index is 4170. The van der Waals surface area contributed by atoms with E-state index in [0.717, 1.165) is 27.5 Å². The van der Waals surface area contributed by atoms with Crippen LogP contribution in [-0.2, 0) is 74.1 Å². The van der Waals surface area contributed by atoms with Gasteiger partial charge in [0.05, 0.1) is 116 Å². The topological polar surface area (TPSA) is 533 Å². The number of hydrogen-bond acceptors (Lipinski definition) is 31. The fourth-order valence-electron chi connectivity index (χ4n) is 10.2. The number of carbonyl (C=O) groups excluding carboxylic acids is 2. The molecule has 0 bridgehead atoms. The van der Waals surface area contributed by atoms with Crippen molar-refractivity contribution < 1.29 is 123 Å². The van der Waals surface area contributed by atoms with Crippen LogP contribution in [0.25, 0.3) is 39.5 Å². The second-order valence-electron chi connectivity index (χ2n) is 22.0. The Balaban J connectivity index is 0.768. The molecule has 2 fully saturated rings. The van der Waals surface area contributed by atoms with Crippen LogP contribution in [0.5, 0.6) is 5.75 Å². The second kappa shape index (κ2) is 37.4.